The summed E-state index contributed by atoms with van der Waals surface area (Å²) in [5.41, 5.74) is 1.46. The second kappa shape index (κ2) is 4.45. The third-order valence-corrected chi connectivity index (χ3v) is 4.70. The van der Waals surface area contributed by atoms with Crippen molar-refractivity contribution in [3.63, 3.8) is 0 Å². The average molecular weight is 275 g/mol. The monoisotopic (exact) mass is 275 g/mol. The van der Waals surface area contributed by atoms with Gasteiger partial charge in [-0.15, -0.1) is 0 Å². The van der Waals surface area contributed by atoms with Gasteiger partial charge in [0.15, 0.2) is 11.4 Å². The van der Waals surface area contributed by atoms with E-state index in [0.29, 0.717) is 23.4 Å². The van der Waals surface area contributed by atoms with Gasteiger partial charge < -0.3 is 14.7 Å². The van der Waals surface area contributed by atoms with Crippen molar-refractivity contribution in [1.82, 2.24) is 10.1 Å². The Kier molecular flexibility index (Phi) is 2.70. The van der Waals surface area contributed by atoms with Gasteiger partial charge in [0.05, 0.1) is 5.39 Å². The van der Waals surface area contributed by atoms with E-state index in [4.69, 9.17) is 4.52 Å². The molecule has 20 heavy (non-hydrogen) atoms. The second-order valence-corrected chi connectivity index (χ2v) is 6.02. The Morgan fingerprint density at radius 1 is 1.35 bits per heavy atom. The number of nitrogens with one attached hydrogen (secondary N) is 1. The minimum Gasteiger partial charge on any atom is -0.362 e. The van der Waals surface area contributed by atoms with Crippen molar-refractivity contribution in [3.05, 3.63) is 23.5 Å². The zero-order valence-corrected chi connectivity index (χ0v) is 11.5. The predicted molar refractivity (Wildman–Crippen MR) is 75.3 cm³/mol. The summed E-state index contributed by atoms with van der Waals surface area (Å²) < 4.78 is 18.9. The van der Waals surface area contributed by atoms with E-state index in [1.165, 1.54) is 38.1 Å². The molecule has 4 nitrogen and oxygen atoms in total. The number of benzene rings is 1. The van der Waals surface area contributed by atoms with Crippen LogP contribution in [0, 0.1) is 18.7 Å². The van der Waals surface area contributed by atoms with Crippen molar-refractivity contribution in [2.24, 2.45) is 5.92 Å². The molecule has 3 aliphatic heterocycles. The molecule has 0 spiro atoms. The van der Waals surface area contributed by atoms with Crippen molar-refractivity contribution in [2.75, 3.05) is 25.0 Å². The molecule has 1 N–H and O–H groups in total. The highest BCUT2D eigenvalue weighted by atomic mass is 19.1. The Labute approximate surface area is 116 Å². The lowest BCUT2D eigenvalue weighted by Gasteiger charge is -2.44. The minimum atomic E-state index is -0.241. The van der Waals surface area contributed by atoms with E-state index in [1.807, 2.05) is 6.92 Å². The summed E-state index contributed by atoms with van der Waals surface area (Å²) >= 11 is 0. The molecule has 0 radical (unpaired) electrons. The van der Waals surface area contributed by atoms with Gasteiger partial charge >= 0.3 is 0 Å². The van der Waals surface area contributed by atoms with Gasteiger partial charge in [0.1, 0.15) is 5.82 Å². The fourth-order valence-electron chi connectivity index (χ4n) is 3.58. The first kappa shape index (κ1) is 12.1. The molecule has 1 aromatic carbocycles. The van der Waals surface area contributed by atoms with Gasteiger partial charge in [0.2, 0.25) is 0 Å². The molecule has 3 fully saturated rings. The Morgan fingerprint density at radius 3 is 2.85 bits per heavy atom. The Morgan fingerprint density at radius 2 is 2.15 bits per heavy atom. The first-order chi connectivity index (χ1) is 9.70. The fourth-order valence-corrected chi connectivity index (χ4v) is 3.58. The van der Waals surface area contributed by atoms with Gasteiger partial charge in [-0.3, -0.25) is 0 Å². The SMILES string of the molecule is Cc1cc(F)cc2c(N[C@@H]3CN4CCC3CC4)noc12. The second-order valence-electron chi connectivity index (χ2n) is 6.02. The first-order valence-corrected chi connectivity index (χ1v) is 7.25. The van der Waals surface area contributed by atoms with Crippen LogP contribution in [0.2, 0.25) is 0 Å². The lowest BCUT2D eigenvalue weighted by atomic mass is 9.84. The first-order valence-electron chi connectivity index (χ1n) is 7.25. The highest BCUT2D eigenvalue weighted by molar-refractivity contribution is 5.90. The van der Waals surface area contributed by atoms with Gasteiger partial charge in [0, 0.05) is 12.6 Å². The molecule has 3 aliphatic rings. The fraction of sp³-hybridized carbons (Fsp3) is 0.533. The van der Waals surface area contributed by atoms with Gasteiger partial charge in [-0.25, -0.2) is 4.39 Å². The third-order valence-electron chi connectivity index (χ3n) is 4.70. The summed E-state index contributed by atoms with van der Waals surface area (Å²) in [6.45, 7) is 5.30. The maximum absolute atomic E-state index is 13.6. The summed E-state index contributed by atoms with van der Waals surface area (Å²) in [6, 6.07) is 3.38. The van der Waals surface area contributed by atoms with E-state index >= 15 is 0 Å². The number of hydrogen-bond acceptors (Lipinski definition) is 4. The molecular formula is C15H18FN3O. The van der Waals surface area contributed by atoms with Gasteiger partial charge in [-0.2, -0.15) is 0 Å². The van der Waals surface area contributed by atoms with Crippen LogP contribution in [-0.4, -0.2) is 35.7 Å². The van der Waals surface area contributed by atoms with E-state index in [2.05, 4.69) is 15.4 Å². The largest absolute Gasteiger partial charge is 0.362 e. The molecular weight excluding hydrogens is 257 g/mol. The summed E-state index contributed by atoms with van der Waals surface area (Å²) in [7, 11) is 0. The Balaban J connectivity index is 1.66. The summed E-state index contributed by atoms with van der Waals surface area (Å²) in [6.07, 6.45) is 2.47. The predicted octanol–water partition coefficient (Wildman–Crippen LogP) is 2.78. The number of fused-ring (bicyclic) bond motifs is 4. The van der Waals surface area contributed by atoms with Gasteiger partial charge in [-0.1, -0.05) is 5.16 Å². The van der Waals surface area contributed by atoms with Gasteiger partial charge in [-0.05, 0) is 56.5 Å². The molecule has 0 amide bonds. The number of nitrogens with zero attached hydrogens (tertiary/aromatic N) is 2. The quantitative estimate of drug-likeness (QED) is 0.915. The minimum absolute atomic E-state index is 0.241. The molecule has 0 unspecified atom stereocenters. The number of rotatable bonds is 2. The van der Waals surface area contributed by atoms with E-state index in [9.17, 15) is 4.39 Å². The van der Waals surface area contributed by atoms with Crippen LogP contribution in [0.3, 0.4) is 0 Å². The number of aryl methyl sites for hydroxylation is 1. The number of piperidine rings is 3. The van der Waals surface area contributed by atoms with Crippen molar-refractivity contribution in [3.8, 4) is 0 Å². The third kappa shape index (κ3) is 1.88. The van der Waals surface area contributed by atoms with Crippen LogP contribution in [0.5, 0.6) is 0 Å². The number of hydrogen-bond donors (Lipinski definition) is 1. The zero-order chi connectivity index (χ0) is 13.7. The Hall–Kier alpha value is -1.62. The van der Waals surface area contributed by atoms with Crippen molar-refractivity contribution in [2.45, 2.75) is 25.8 Å². The molecule has 0 aliphatic carbocycles. The van der Waals surface area contributed by atoms with Crippen LogP contribution in [0.1, 0.15) is 18.4 Å². The molecule has 5 heteroatoms. The molecule has 106 valence electrons. The number of aromatic nitrogens is 1. The number of anilines is 1. The van der Waals surface area contributed by atoms with E-state index < -0.39 is 0 Å². The number of halogens is 1. The highest BCUT2D eigenvalue weighted by Crippen LogP contribution is 2.32. The molecule has 3 saturated heterocycles. The summed E-state index contributed by atoms with van der Waals surface area (Å²) in [5, 5.41) is 8.33. The van der Waals surface area contributed by atoms with E-state index in [1.54, 1.807) is 0 Å². The maximum atomic E-state index is 13.6. The molecule has 5 rings (SSSR count). The van der Waals surface area contributed by atoms with Crippen LogP contribution >= 0.6 is 0 Å². The van der Waals surface area contributed by atoms with E-state index in [-0.39, 0.29) is 5.82 Å². The summed E-state index contributed by atoms with van der Waals surface area (Å²) in [5.74, 6) is 1.14. The highest BCUT2D eigenvalue weighted by Gasteiger charge is 2.34. The zero-order valence-electron chi connectivity index (χ0n) is 11.5. The molecule has 1 atom stereocenters. The van der Waals surface area contributed by atoms with Crippen LogP contribution in [0.25, 0.3) is 11.0 Å². The average Bonchev–Trinajstić information content (AvgIpc) is 2.84. The van der Waals surface area contributed by atoms with Crippen molar-refractivity contribution >= 4 is 16.8 Å². The maximum Gasteiger partial charge on any atom is 0.177 e. The van der Waals surface area contributed by atoms with E-state index in [0.717, 1.165) is 17.5 Å². The molecule has 2 bridgehead atoms. The van der Waals surface area contributed by atoms with Crippen LogP contribution < -0.4 is 5.32 Å². The van der Waals surface area contributed by atoms with Crippen LogP contribution in [-0.2, 0) is 0 Å². The van der Waals surface area contributed by atoms with Crippen LogP contribution in [0.15, 0.2) is 16.7 Å². The Bertz CT molecular complexity index is 646. The summed E-state index contributed by atoms with van der Waals surface area (Å²) in [4.78, 5) is 2.48. The normalized spacial score (nSPS) is 29.0. The van der Waals surface area contributed by atoms with Gasteiger partial charge in [0.25, 0.3) is 0 Å². The lowest BCUT2D eigenvalue weighted by molar-refractivity contribution is 0.0973. The topological polar surface area (TPSA) is 41.3 Å². The molecule has 0 saturated carbocycles. The molecule has 4 heterocycles. The lowest BCUT2D eigenvalue weighted by Crippen LogP contribution is -2.53. The molecule has 1 aromatic heterocycles. The smallest absolute Gasteiger partial charge is 0.177 e. The standard InChI is InChI=1S/C15H18FN3O/c1-9-6-11(16)7-12-14(9)20-18-15(12)17-13-8-19-4-2-10(13)3-5-19/h6-7,10,13H,2-5,8H2,1H3,(H,17,18)/t13-/m1/s1. The molecule has 2 aromatic rings. The van der Waals surface area contributed by atoms with Crippen molar-refractivity contribution < 1.29 is 8.91 Å². The van der Waals surface area contributed by atoms with Crippen LogP contribution in [0.4, 0.5) is 10.2 Å². The van der Waals surface area contributed by atoms with Crippen molar-refractivity contribution in [1.29, 1.82) is 0 Å².